The first kappa shape index (κ1) is 22.3. The Kier molecular flexibility index (Phi) is 6.62. The van der Waals surface area contributed by atoms with Gasteiger partial charge < -0.3 is 7.97 Å². The Morgan fingerprint density at radius 3 is 2.90 bits per heavy atom. The molecule has 0 spiro atoms. The molecule has 2 saturated heterocycles. The number of carbonyl (C=O) groups is 1. The predicted molar refractivity (Wildman–Crippen MR) is 127 cm³/mol. The molecule has 30 heavy (non-hydrogen) atoms. The lowest BCUT2D eigenvalue weighted by Crippen LogP contribution is -2.60. The first-order chi connectivity index (χ1) is 14.4. The number of hydrogen-bond acceptors (Lipinski definition) is 7. The Hall–Kier alpha value is -0.920. The van der Waals surface area contributed by atoms with Crippen molar-refractivity contribution >= 4 is 85.1 Å². The van der Waals surface area contributed by atoms with Crippen molar-refractivity contribution in [3.05, 3.63) is 28.2 Å². The van der Waals surface area contributed by atoms with Gasteiger partial charge in [-0.05, 0) is 34.5 Å². The van der Waals surface area contributed by atoms with E-state index < -0.39 is 5.82 Å². The van der Waals surface area contributed by atoms with Gasteiger partial charge in [0.25, 0.3) is 0 Å². The van der Waals surface area contributed by atoms with Crippen molar-refractivity contribution in [1.82, 2.24) is 19.9 Å². The summed E-state index contributed by atoms with van der Waals surface area (Å²) in [6.07, 6.45) is 3.11. The molecule has 2 bridgehead atoms. The summed E-state index contributed by atoms with van der Waals surface area (Å²) in [6.45, 7) is 6.48. The highest BCUT2D eigenvalue weighted by Gasteiger charge is 2.49. The molecule has 0 aromatic carbocycles. The molecule has 3 atom stereocenters. The lowest BCUT2D eigenvalue weighted by molar-refractivity contribution is 0.125. The molecule has 160 valence electrons. The number of hydrogen-bond donors (Lipinski definition) is 0. The summed E-state index contributed by atoms with van der Waals surface area (Å²) >= 11 is 12.4. The summed E-state index contributed by atoms with van der Waals surface area (Å²) in [7, 11) is 0. The van der Waals surface area contributed by atoms with Gasteiger partial charge in [0.1, 0.15) is 15.9 Å². The number of aromatic nitrogens is 3. The van der Waals surface area contributed by atoms with E-state index in [1.165, 1.54) is 11.8 Å². The van der Waals surface area contributed by atoms with Crippen molar-refractivity contribution in [3.63, 3.8) is 0 Å². The van der Waals surface area contributed by atoms with E-state index in [4.69, 9.17) is 19.7 Å². The monoisotopic (exact) mass is 627 g/mol. The van der Waals surface area contributed by atoms with Crippen molar-refractivity contribution in [3.8, 4) is 0 Å². The lowest BCUT2D eigenvalue weighted by atomic mass is 10.0. The van der Waals surface area contributed by atoms with Crippen LogP contribution in [0.2, 0.25) is 5.15 Å². The Bertz CT molecular complexity index is 1030. The van der Waals surface area contributed by atoms with Crippen molar-refractivity contribution in [2.24, 2.45) is 0 Å². The smallest absolute Gasteiger partial charge is 0.378 e. The van der Waals surface area contributed by atoms with E-state index in [1.54, 1.807) is 34.0 Å². The zero-order valence-corrected chi connectivity index (χ0v) is 21.1. The molecule has 0 aliphatic carbocycles. The summed E-state index contributed by atoms with van der Waals surface area (Å²) in [5.41, 5.74) is 0.118. The van der Waals surface area contributed by atoms with Gasteiger partial charge in [-0.25, -0.2) is 24.1 Å². The maximum atomic E-state index is 14.9. The van der Waals surface area contributed by atoms with Crippen LogP contribution < -0.4 is 4.90 Å². The van der Waals surface area contributed by atoms with Crippen molar-refractivity contribution in [1.29, 1.82) is 0 Å². The van der Waals surface area contributed by atoms with Crippen LogP contribution in [0.25, 0.3) is 10.9 Å². The van der Waals surface area contributed by atoms with Crippen LogP contribution in [0, 0.1) is 5.82 Å². The fourth-order valence-corrected chi connectivity index (χ4v) is 5.90. The van der Waals surface area contributed by atoms with E-state index in [0.29, 0.717) is 27.5 Å². The highest BCUT2D eigenvalue weighted by molar-refractivity contribution is 14.1. The quantitative estimate of drug-likeness (QED) is 0.148. The maximum Gasteiger partial charge on any atom is 0.419 e. The number of nitrogens with zero attached hydrogens (tertiary/aromatic N) is 5. The fraction of sp³-hybridized carbons (Fsp3) is 0.444. The number of carbonyl (C=O) groups excluding carboxylic acids is 1. The highest BCUT2D eigenvalue weighted by Crippen LogP contribution is 2.42. The van der Waals surface area contributed by atoms with Crippen molar-refractivity contribution in [2.45, 2.75) is 43.0 Å². The minimum absolute atomic E-state index is 0.0374. The Balaban J connectivity index is 1.89. The topological polar surface area (TPSA) is 71.5 Å². The molecule has 4 rings (SSSR count). The van der Waals surface area contributed by atoms with Crippen LogP contribution in [-0.4, -0.2) is 56.4 Å². The molecule has 1 amide bonds. The van der Waals surface area contributed by atoms with Gasteiger partial charge in [0.05, 0.1) is 23.5 Å². The van der Waals surface area contributed by atoms with Gasteiger partial charge in [-0.1, -0.05) is 36.4 Å². The molecule has 0 N–H and O–H groups in total. The molecular weight excluding hydrogens is 612 g/mol. The minimum Gasteiger partial charge on any atom is -0.378 e. The first-order valence-corrected chi connectivity index (χ1v) is 12.3. The molecule has 7 nitrogen and oxygen atoms in total. The molecule has 12 heteroatoms. The second-order valence-corrected chi connectivity index (χ2v) is 9.70. The van der Waals surface area contributed by atoms with Crippen LogP contribution in [0.3, 0.4) is 0 Å². The van der Waals surface area contributed by atoms with Crippen LogP contribution in [0.15, 0.2) is 22.4 Å². The summed E-state index contributed by atoms with van der Waals surface area (Å²) in [5, 5.41) is 0.660. The zero-order valence-electron chi connectivity index (χ0n) is 15.8. The van der Waals surface area contributed by atoms with E-state index in [0.717, 1.165) is 18.6 Å². The largest absolute Gasteiger partial charge is 0.419 e. The average Bonchev–Trinajstić information content (AvgIpc) is 3.05. The summed E-state index contributed by atoms with van der Waals surface area (Å²) in [6, 6.07) is -0.369. The van der Waals surface area contributed by atoms with E-state index in [1.807, 2.05) is 6.92 Å². The molecular formula is C18H17BrClFIN5O2S. The lowest BCUT2D eigenvalue weighted by Gasteiger charge is -2.45. The zero-order chi connectivity index (χ0) is 21.6. The highest BCUT2D eigenvalue weighted by atomic mass is 127. The number of halogens is 4. The summed E-state index contributed by atoms with van der Waals surface area (Å²) < 4.78 is 20.2. The van der Waals surface area contributed by atoms with Gasteiger partial charge >= 0.3 is 6.09 Å². The number of pyridine rings is 1. The average molecular weight is 629 g/mol. The van der Waals surface area contributed by atoms with E-state index in [-0.39, 0.29) is 34.9 Å². The second-order valence-electron chi connectivity index (χ2n) is 6.92. The standard InChI is InChI=1S/C18H17BrClFIN5O2S/c1-3-9-10-6-5-8(27(10)18(28)29-22)7-26(9)16-11-13(23-17(25-16)30-4-2)12(21)15(20)24-14(11)19/h3,8-10H,1,4-7H2,2H3/t8-,9-,10+/m1/s1. The van der Waals surface area contributed by atoms with Crippen molar-refractivity contribution < 1.29 is 12.3 Å². The van der Waals surface area contributed by atoms with Gasteiger partial charge in [0.2, 0.25) is 0 Å². The molecule has 2 aromatic rings. The van der Waals surface area contributed by atoms with Crippen LogP contribution in [-0.2, 0) is 3.07 Å². The Morgan fingerprint density at radius 2 is 2.23 bits per heavy atom. The van der Waals surface area contributed by atoms with Gasteiger partial charge in [0.15, 0.2) is 39.1 Å². The molecule has 2 aliphatic heterocycles. The van der Waals surface area contributed by atoms with Crippen LogP contribution in [0.5, 0.6) is 0 Å². The second kappa shape index (κ2) is 8.91. The SMILES string of the molecule is C=C[C@@H]1[C@@H]2CC[C@H](CN1c1nc(SCC)nc3c(F)c(Cl)nc(Br)c13)N2C(=O)OI. The third-order valence-corrected chi connectivity index (χ3v) is 7.36. The van der Waals surface area contributed by atoms with Crippen LogP contribution in [0.4, 0.5) is 15.0 Å². The number of fused-ring (bicyclic) bond motifs is 3. The van der Waals surface area contributed by atoms with Gasteiger partial charge in [-0.15, -0.1) is 6.58 Å². The molecule has 2 aromatic heterocycles. The van der Waals surface area contributed by atoms with Gasteiger partial charge in [0, 0.05) is 6.54 Å². The summed E-state index contributed by atoms with van der Waals surface area (Å²) in [4.78, 5) is 29.4. The third-order valence-electron chi connectivity index (χ3n) is 5.43. The third kappa shape index (κ3) is 3.65. The van der Waals surface area contributed by atoms with Crippen LogP contribution >= 0.6 is 62.3 Å². The fourth-order valence-electron chi connectivity index (χ4n) is 4.29. The predicted octanol–water partition coefficient (Wildman–Crippen LogP) is 5.39. The Morgan fingerprint density at radius 1 is 1.47 bits per heavy atom. The molecule has 2 fully saturated rings. The minimum atomic E-state index is -0.679. The maximum absolute atomic E-state index is 14.9. The number of thioether (sulfide) groups is 1. The van der Waals surface area contributed by atoms with E-state index in [9.17, 15) is 9.18 Å². The number of piperazine rings is 1. The Labute approximate surface area is 204 Å². The number of amides is 1. The molecule has 0 radical (unpaired) electrons. The molecule has 2 aliphatic rings. The van der Waals surface area contributed by atoms with E-state index in [2.05, 4.69) is 37.4 Å². The first-order valence-electron chi connectivity index (χ1n) is 9.26. The van der Waals surface area contributed by atoms with Gasteiger partial charge in [-0.3, -0.25) is 4.90 Å². The van der Waals surface area contributed by atoms with Crippen LogP contribution in [0.1, 0.15) is 19.8 Å². The number of rotatable bonds is 4. The molecule has 4 heterocycles. The van der Waals surface area contributed by atoms with E-state index >= 15 is 0 Å². The molecule has 0 unspecified atom stereocenters. The summed E-state index contributed by atoms with van der Waals surface area (Å²) in [5.74, 6) is 0.606. The van der Waals surface area contributed by atoms with Crippen molar-refractivity contribution in [2.75, 3.05) is 17.2 Å². The normalized spacial score (nSPS) is 23.2. The van der Waals surface area contributed by atoms with Gasteiger partial charge in [-0.2, -0.15) is 0 Å². The molecule has 0 saturated carbocycles. The number of anilines is 1.